The number of ether oxygens (including phenoxy) is 2. The molecule has 150 valence electrons. The summed E-state index contributed by atoms with van der Waals surface area (Å²) < 4.78 is 10.9. The van der Waals surface area contributed by atoms with E-state index in [9.17, 15) is 9.59 Å². The molecule has 27 heavy (non-hydrogen) atoms. The molecule has 0 saturated carbocycles. The predicted octanol–water partition coefficient (Wildman–Crippen LogP) is 4.27. The number of alkyl carbamates (subject to hydrolysis) is 1. The third kappa shape index (κ3) is 5.37. The van der Waals surface area contributed by atoms with Crippen molar-refractivity contribution in [3.05, 3.63) is 34.9 Å². The van der Waals surface area contributed by atoms with Gasteiger partial charge in [0.15, 0.2) is 0 Å². The van der Waals surface area contributed by atoms with Crippen molar-refractivity contribution in [3.63, 3.8) is 0 Å². The fourth-order valence-corrected chi connectivity index (χ4v) is 3.13. The molecule has 2 amide bonds. The van der Waals surface area contributed by atoms with Crippen LogP contribution in [0, 0.1) is 13.8 Å². The van der Waals surface area contributed by atoms with E-state index in [4.69, 9.17) is 9.47 Å². The summed E-state index contributed by atoms with van der Waals surface area (Å²) >= 11 is 0. The molecule has 1 aromatic carbocycles. The second kappa shape index (κ2) is 7.06. The Balaban J connectivity index is 2.26. The number of likely N-dealkylation sites (tertiary alicyclic amines) is 1. The number of hydrogen-bond donors (Lipinski definition) is 1. The van der Waals surface area contributed by atoms with Crippen LogP contribution in [-0.2, 0) is 15.0 Å². The molecular weight excluding hydrogens is 344 g/mol. The first-order chi connectivity index (χ1) is 12.2. The largest absolute Gasteiger partial charge is 0.444 e. The lowest BCUT2D eigenvalue weighted by Gasteiger charge is -2.50. The van der Waals surface area contributed by atoms with Crippen molar-refractivity contribution in [2.45, 2.75) is 72.1 Å². The highest BCUT2D eigenvalue weighted by molar-refractivity contribution is 5.73. The number of carbonyl (C=O) groups excluding carboxylic acids is 2. The van der Waals surface area contributed by atoms with Crippen LogP contribution in [0.2, 0.25) is 0 Å². The summed E-state index contributed by atoms with van der Waals surface area (Å²) in [6.07, 6.45) is -0.873. The van der Waals surface area contributed by atoms with E-state index in [2.05, 4.69) is 11.4 Å². The Hall–Kier alpha value is -2.24. The van der Waals surface area contributed by atoms with Gasteiger partial charge in [-0.25, -0.2) is 9.59 Å². The van der Waals surface area contributed by atoms with Gasteiger partial charge in [0.1, 0.15) is 16.7 Å². The fraction of sp³-hybridized carbons (Fsp3) is 0.619. The average molecular weight is 376 g/mol. The van der Waals surface area contributed by atoms with Crippen molar-refractivity contribution in [1.82, 2.24) is 10.2 Å². The molecule has 1 aliphatic heterocycles. The van der Waals surface area contributed by atoms with Crippen LogP contribution in [0.1, 0.15) is 58.2 Å². The van der Waals surface area contributed by atoms with Crippen molar-refractivity contribution >= 4 is 12.2 Å². The molecule has 0 spiro atoms. The van der Waals surface area contributed by atoms with Crippen LogP contribution in [0.15, 0.2) is 18.2 Å². The van der Waals surface area contributed by atoms with Crippen molar-refractivity contribution in [2.24, 2.45) is 0 Å². The monoisotopic (exact) mass is 376 g/mol. The van der Waals surface area contributed by atoms with Gasteiger partial charge in [0.2, 0.25) is 0 Å². The topological polar surface area (TPSA) is 67.9 Å². The van der Waals surface area contributed by atoms with Gasteiger partial charge in [-0.15, -0.1) is 0 Å². The van der Waals surface area contributed by atoms with Gasteiger partial charge in [-0.3, -0.25) is 0 Å². The summed E-state index contributed by atoms with van der Waals surface area (Å²) in [6.45, 7) is 15.7. The molecule has 0 unspecified atom stereocenters. The summed E-state index contributed by atoms with van der Waals surface area (Å²) in [5.41, 5.74) is 1.30. The van der Waals surface area contributed by atoms with Crippen molar-refractivity contribution < 1.29 is 19.1 Å². The van der Waals surface area contributed by atoms with Gasteiger partial charge in [0.05, 0.1) is 13.1 Å². The minimum absolute atomic E-state index is 0.339. The molecular formula is C21H32N2O4. The number of rotatable bonds is 2. The molecule has 0 atom stereocenters. The summed E-state index contributed by atoms with van der Waals surface area (Å²) in [5.74, 6) is 0. The van der Waals surface area contributed by atoms with Gasteiger partial charge >= 0.3 is 12.2 Å². The van der Waals surface area contributed by atoms with Crippen LogP contribution < -0.4 is 5.32 Å². The van der Waals surface area contributed by atoms with Crippen LogP contribution in [0.4, 0.5) is 9.59 Å². The zero-order chi connectivity index (χ0) is 20.6. The van der Waals surface area contributed by atoms with Gasteiger partial charge in [-0.1, -0.05) is 23.8 Å². The molecule has 0 radical (unpaired) electrons. The van der Waals surface area contributed by atoms with Crippen LogP contribution in [-0.4, -0.2) is 41.4 Å². The van der Waals surface area contributed by atoms with E-state index in [1.165, 1.54) is 0 Å². The zero-order valence-corrected chi connectivity index (χ0v) is 17.7. The Morgan fingerprint density at radius 2 is 1.56 bits per heavy atom. The highest BCUT2D eigenvalue weighted by Crippen LogP contribution is 2.36. The van der Waals surface area contributed by atoms with Gasteiger partial charge in [-0.05, 0) is 66.5 Å². The maximum atomic E-state index is 12.5. The highest BCUT2D eigenvalue weighted by Gasteiger charge is 2.50. The van der Waals surface area contributed by atoms with Gasteiger partial charge in [-0.2, -0.15) is 0 Å². The summed E-state index contributed by atoms with van der Waals surface area (Å²) in [7, 11) is 0. The van der Waals surface area contributed by atoms with E-state index < -0.39 is 22.8 Å². The second-order valence-corrected chi connectivity index (χ2v) is 9.36. The zero-order valence-electron chi connectivity index (χ0n) is 17.7. The average Bonchev–Trinajstić information content (AvgIpc) is 2.41. The molecule has 6 heteroatoms. The lowest BCUT2D eigenvalue weighted by Crippen LogP contribution is -2.69. The van der Waals surface area contributed by atoms with E-state index in [0.717, 1.165) is 16.7 Å². The molecule has 1 N–H and O–H groups in total. The molecule has 0 aromatic heterocycles. The Kier molecular flexibility index (Phi) is 5.51. The number of hydrogen-bond acceptors (Lipinski definition) is 4. The summed E-state index contributed by atoms with van der Waals surface area (Å²) in [5, 5.41) is 3.01. The quantitative estimate of drug-likeness (QED) is 0.837. The number of benzene rings is 1. The normalized spacial score (nSPS) is 16.4. The van der Waals surface area contributed by atoms with Crippen LogP contribution in [0.3, 0.4) is 0 Å². The number of nitrogens with zero attached hydrogens (tertiary/aromatic N) is 1. The van der Waals surface area contributed by atoms with Crippen LogP contribution in [0.25, 0.3) is 0 Å². The maximum absolute atomic E-state index is 12.5. The molecule has 0 bridgehead atoms. The Morgan fingerprint density at radius 3 is 2.07 bits per heavy atom. The first kappa shape index (κ1) is 21.1. The van der Waals surface area contributed by atoms with Crippen LogP contribution >= 0.6 is 0 Å². The van der Waals surface area contributed by atoms with E-state index in [-0.39, 0.29) is 6.09 Å². The minimum Gasteiger partial charge on any atom is -0.444 e. The summed E-state index contributed by atoms with van der Waals surface area (Å²) in [6, 6.07) is 6.11. The fourth-order valence-electron chi connectivity index (χ4n) is 3.13. The third-order valence-corrected chi connectivity index (χ3v) is 4.22. The first-order valence-corrected chi connectivity index (χ1v) is 9.28. The van der Waals surface area contributed by atoms with Crippen molar-refractivity contribution in [2.75, 3.05) is 13.1 Å². The van der Waals surface area contributed by atoms with E-state index in [0.29, 0.717) is 13.1 Å². The molecule has 1 heterocycles. The van der Waals surface area contributed by atoms with Gasteiger partial charge in [0, 0.05) is 0 Å². The van der Waals surface area contributed by atoms with Crippen molar-refractivity contribution in [1.29, 1.82) is 0 Å². The predicted molar refractivity (Wildman–Crippen MR) is 105 cm³/mol. The minimum atomic E-state index is -0.685. The number of carbonyl (C=O) groups is 2. The highest BCUT2D eigenvalue weighted by atomic mass is 16.6. The van der Waals surface area contributed by atoms with Gasteiger partial charge in [0.25, 0.3) is 0 Å². The smallest absolute Gasteiger partial charge is 0.410 e. The standard InChI is InChI=1S/C21H32N2O4/c1-14-9-10-15(2)16(11-14)21(22-17(24)26-19(3,4)5)12-23(13-21)18(25)27-20(6,7)8/h9-11H,12-13H2,1-8H3,(H,22,24). The Bertz CT molecular complexity index is 723. The van der Waals surface area contributed by atoms with E-state index in [1.54, 1.807) is 4.90 Å². The third-order valence-electron chi connectivity index (χ3n) is 4.22. The number of amides is 2. The molecule has 0 aliphatic carbocycles. The van der Waals surface area contributed by atoms with Crippen LogP contribution in [0.5, 0.6) is 0 Å². The molecule has 2 rings (SSSR count). The number of nitrogens with one attached hydrogen (secondary N) is 1. The SMILES string of the molecule is Cc1ccc(C)c(C2(NC(=O)OC(C)(C)C)CN(C(=O)OC(C)(C)C)C2)c1. The molecule has 6 nitrogen and oxygen atoms in total. The van der Waals surface area contributed by atoms with E-state index >= 15 is 0 Å². The Morgan fingerprint density at radius 1 is 1.00 bits per heavy atom. The Labute approximate surface area is 162 Å². The summed E-state index contributed by atoms with van der Waals surface area (Å²) in [4.78, 5) is 26.5. The second-order valence-electron chi connectivity index (χ2n) is 9.36. The molecule has 1 aliphatic rings. The van der Waals surface area contributed by atoms with Crippen molar-refractivity contribution in [3.8, 4) is 0 Å². The maximum Gasteiger partial charge on any atom is 0.410 e. The van der Waals surface area contributed by atoms with Gasteiger partial charge < -0.3 is 19.7 Å². The molecule has 1 saturated heterocycles. The molecule has 1 fully saturated rings. The first-order valence-electron chi connectivity index (χ1n) is 9.28. The lowest BCUT2D eigenvalue weighted by molar-refractivity contribution is -0.0231. The molecule has 1 aromatic rings. The number of aryl methyl sites for hydroxylation is 2. The lowest BCUT2D eigenvalue weighted by atomic mass is 9.79. The van der Waals surface area contributed by atoms with E-state index in [1.807, 2.05) is 67.5 Å².